The molecule has 0 aliphatic heterocycles. The number of carbonyl (C=O) groups is 1. The molecule has 0 spiro atoms. The van der Waals surface area contributed by atoms with E-state index in [9.17, 15) is 4.79 Å². The molecular weight excluding hydrogens is 314 g/mol. The van der Waals surface area contributed by atoms with Crippen molar-refractivity contribution in [3.63, 3.8) is 0 Å². The molecule has 0 bridgehead atoms. The van der Waals surface area contributed by atoms with Crippen LogP contribution in [0.25, 0.3) is 0 Å². The topological polar surface area (TPSA) is 58.4 Å². The molecule has 5 heteroatoms. The summed E-state index contributed by atoms with van der Waals surface area (Å²) in [5, 5.41) is 7.29. The molecule has 1 aliphatic carbocycles. The van der Waals surface area contributed by atoms with Gasteiger partial charge in [-0.25, -0.2) is 0 Å². The molecule has 3 rings (SSSR count). The van der Waals surface area contributed by atoms with Crippen molar-refractivity contribution in [1.29, 1.82) is 0 Å². The monoisotopic (exact) mass is 341 g/mol. The van der Waals surface area contributed by atoms with Crippen LogP contribution in [0.5, 0.6) is 0 Å². The molecule has 5 nitrogen and oxygen atoms in total. The number of aromatic nitrogens is 1. The first kappa shape index (κ1) is 17.5. The van der Waals surface area contributed by atoms with Gasteiger partial charge in [-0.3, -0.25) is 4.79 Å². The van der Waals surface area contributed by atoms with Crippen molar-refractivity contribution in [3.8, 4) is 0 Å². The van der Waals surface area contributed by atoms with Crippen LogP contribution in [-0.2, 0) is 17.8 Å². The van der Waals surface area contributed by atoms with Crippen molar-refractivity contribution in [2.75, 3.05) is 11.9 Å². The lowest BCUT2D eigenvalue weighted by Crippen LogP contribution is -2.58. The Labute approximate surface area is 149 Å². The van der Waals surface area contributed by atoms with Gasteiger partial charge in [0.2, 0.25) is 5.91 Å². The highest BCUT2D eigenvalue weighted by Crippen LogP contribution is 2.47. The van der Waals surface area contributed by atoms with Crippen LogP contribution in [0.2, 0.25) is 0 Å². The fourth-order valence-electron chi connectivity index (χ4n) is 3.64. The maximum atomic E-state index is 11.3. The van der Waals surface area contributed by atoms with Crippen molar-refractivity contribution in [3.05, 3.63) is 47.9 Å². The molecule has 2 atom stereocenters. The highest BCUT2D eigenvalue weighted by Gasteiger charge is 2.48. The van der Waals surface area contributed by atoms with Crippen molar-refractivity contribution in [2.45, 2.75) is 46.2 Å². The van der Waals surface area contributed by atoms with Crippen molar-refractivity contribution >= 4 is 11.6 Å². The summed E-state index contributed by atoms with van der Waals surface area (Å²) in [5.41, 5.74) is 2.24. The Balaban J connectivity index is 1.57. The molecule has 25 heavy (non-hydrogen) atoms. The van der Waals surface area contributed by atoms with Crippen molar-refractivity contribution < 1.29 is 9.32 Å². The van der Waals surface area contributed by atoms with Gasteiger partial charge in [-0.15, -0.1) is 0 Å². The molecule has 1 N–H and O–H groups in total. The molecular formula is C20H27N3O2. The van der Waals surface area contributed by atoms with Crippen LogP contribution in [0.4, 0.5) is 5.69 Å². The third-order valence-electron chi connectivity index (χ3n) is 5.50. The van der Waals surface area contributed by atoms with E-state index in [1.165, 1.54) is 0 Å². The van der Waals surface area contributed by atoms with Gasteiger partial charge < -0.3 is 14.7 Å². The first-order valence-corrected chi connectivity index (χ1v) is 8.84. The second-order valence-electron chi connectivity index (χ2n) is 7.69. The number of anilines is 1. The maximum absolute atomic E-state index is 11.3. The molecule has 1 fully saturated rings. The molecule has 1 saturated carbocycles. The Morgan fingerprint density at radius 1 is 1.36 bits per heavy atom. The quantitative estimate of drug-likeness (QED) is 0.875. The number of para-hydroxylation sites is 1. The van der Waals surface area contributed by atoms with Crippen LogP contribution < -0.4 is 10.2 Å². The summed E-state index contributed by atoms with van der Waals surface area (Å²) in [6.07, 6.45) is 1.89. The SMILES string of the molecule is CC(=O)N[C@H]1C[C@@H](Cc2cc(CN(C)c3ccccc3)on2)C1(C)C. The first-order chi connectivity index (χ1) is 11.9. The predicted molar refractivity (Wildman–Crippen MR) is 98.2 cm³/mol. The van der Waals surface area contributed by atoms with Crippen LogP contribution in [0.1, 0.15) is 38.6 Å². The van der Waals surface area contributed by atoms with Crippen molar-refractivity contribution in [2.24, 2.45) is 11.3 Å². The minimum atomic E-state index is 0.0456. The first-order valence-electron chi connectivity index (χ1n) is 8.84. The molecule has 0 radical (unpaired) electrons. The molecule has 134 valence electrons. The van der Waals surface area contributed by atoms with Crippen molar-refractivity contribution in [1.82, 2.24) is 10.5 Å². The zero-order chi connectivity index (χ0) is 18.0. The normalized spacial score (nSPS) is 21.4. The summed E-state index contributed by atoms with van der Waals surface area (Å²) >= 11 is 0. The fourth-order valence-corrected chi connectivity index (χ4v) is 3.64. The van der Waals surface area contributed by atoms with Crippen LogP contribution in [0, 0.1) is 11.3 Å². The van der Waals surface area contributed by atoms with E-state index in [0.29, 0.717) is 12.5 Å². The van der Waals surface area contributed by atoms with E-state index in [0.717, 1.165) is 30.0 Å². The number of nitrogens with one attached hydrogen (secondary N) is 1. The Hall–Kier alpha value is -2.30. The van der Waals surface area contributed by atoms with E-state index in [-0.39, 0.29) is 17.4 Å². The largest absolute Gasteiger partial charge is 0.367 e. The summed E-state index contributed by atoms with van der Waals surface area (Å²) in [6, 6.07) is 12.5. The predicted octanol–water partition coefficient (Wildman–Crippen LogP) is 3.40. The molecule has 1 amide bonds. The van der Waals surface area contributed by atoms with Gasteiger partial charge in [-0.05, 0) is 36.3 Å². The Kier molecular flexibility index (Phi) is 4.84. The lowest BCUT2D eigenvalue weighted by atomic mass is 9.57. The summed E-state index contributed by atoms with van der Waals surface area (Å²) in [7, 11) is 2.05. The zero-order valence-corrected chi connectivity index (χ0v) is 15.5. The van der Waals surface area contributed by atoms with E-state index >= 15 is 0 Å². The average molecular weight is 341 g/mol. The Bertz CT molecular complexity index is 724. The summed E-state index contributed by atoms with van der Waals surface area (Å²) in [6.45, 7) is 6.70. The van der Waals surface area contributed by atoms with Gasteiger partial charge in [-0.1, -0.05) is 37.2 Å². The Morgan fingerprint density at radius 2 is 2.08 bits per heavy atom. The number of hydrogen-bond donors (Lipinski definition) is 1. The number of rotatable bonds is 6. The second-order valence-corrected chi connectivity index (χ2v) is 7.69. The van der Waals surface area contributed by atoms with Gasteiger partial charge >= 0.3 is 0 Å². The molecule has 1 aliphatic rings. The Morgan fingerprint density at radius 3 is 2.72 bits per heavy atom. The van der Waals surface area contributed by atoms with Gasteiger partial charge in [0.25, 0.3) is 0 Å². The number of amides is 1. The molecule has 1 aromatic carbocycles. The number of hydrogen-bond acceptors (Lipinski definition) is 4. The second kappa shape index (κ2) is 6.90. The van der Waals surface area contributed by atoms with Gasteiger partial charge in [0, 0.05) is 31.8 Å². The van der Waals surface area contributed by atoms with Gasteiger partial charge in [0.05, 0.1) is 12.2 Å². The highest BCUT2D eigenvalue weighted by molar-refractivity contribution is 5.73. The molecule has 0 saturated heterocycles. The fraction of sp³-hybridized carbons (Fsp3) is 0.500. The minimum absolute atomic E-state index is 0.0456. The van der Waals surface area contributed by atoms with Gasteiger partial charge in [-0.2, -0.15) is 0 Å². The summed E-state index contributed by atoms with van der Waals surface area (Å²) in [4.78, 5) is 13.4. The van der Waals surface area contributed by atoms with Gasteiger partial charge in [0.15, 0.2) is 5.76 Å². The van der Waals surface area contributed by atoms with E-state index < -0.39 is 0 Å². The molecule has 0 unspecified atom stereocenters. The smallest absolute Gasteiger partial charge is 0.217 e. The van der Waals surface area contributed by atoms with E-state index in [4.69, 9.17) is 4.52 Å². The summed E-state index contributed by atoms with van der Waals surface area (Å²) in [5.74, 6) is 1.43. The standard InChI is InChI=1S/C20H27N3O2/c1-14(24)21-19-11-15(20(19,2)3)10-16-12-18(25-22-16)13-23(4)17-8-6-5-7-9-17/h5-9,12,15,19H,10-11,13H2,1-4H3,(H,21,24)/t15-,19+/m1/s1. The lowest BCUT2D eigenvalue weighted by molar-refractivity contribution is -0.123. The molecule has 1 heterocycles. The third kappa shape index (κ3) is 3.86. The number of carbonyl (C=O) groups excluding carboxylic acids is 1. The van der Waals surface area contributed by atoms with Crippen LogP contribution >= 0.6 is 0 Å². The average Bonchev–Trinajstić information content (AvgIpc) is 3.01. The van der Waals surface area contributed by atoms with E-state index in [1.807, 2.05) is 25.2 Å². The highest BCUT2D eigenvalue weighted by atomic mass is 16.5. The zero-order valence-electron chi connectivity index (χ0n) is 15.5. The van der Waals surface area contributed by atoms with E-state index in [2.05, 4.69) is 47.4 Å². The number of benzene rings is 1. The van der Waals surface area contributed by atoms with E-state index in [1.54, 1.807) is 6.92 Å². The lowest BCUT2D eigenvalue weighted by Gasteiger charge is -2.52. The molecule has 1 aromatic heterocycles. The van der Waals surface area contributed by atoms with Crippen LogP contribution in [0.15, 0.2) is 40.9 Å². The number of nitrogens with zero attached hydrogens (tertiary/aromatic N) is 2. The third-order valence-corrected chi connectivity index (χ3v) is 5.50. The summed E-state index contributed by atoms with van der Waals surface area (Å²) < 4.78 is 5.52. The van der Waals surface area contributed by atoms with Gasteiger partial charge in [0.1, 0.15) is 0 Å². The minimum Gasteiger partial charge on any atom is -0.367 e. The van der Waals surface area contributed by atoms with Crippen LogP contribution in [0.3, 0.4) is 0 Å². The maximum Gasteiger partial charge on any atom is 0.217 e. The molecule has 2 aromatic rings. The van der Waals surface area contributed by atoms with Crippen LogP contribution in [-0.4, -0.2) is 24.2 Å².